The van der Waals surface area contributed by atoms with Crippen LogP contribution in [-0.2, 0) is 14.4 Å². The van der Waals surface area contributed by atoms with Gasteiger partial charge in [-0.2, -0.15) is 0 Å². The number of hydrogen-bond donors (Lipinski definition) is 2. The maximum Gasteiger partial charge on any atom is 0.287 e. The Kier molecular flexibility index (Phi) is 9.71. The number of halogens is 1. The van der Waals surface area contributed by atoms with Crippen LogP contribution in [0, 0.1) is 11.8 Å². The minimum atomic E-state index is -0.519. The van der Waals surface area contributed by atoms with Crippen molar-refractivity contribution in [3.8, 4) is 0 Å². The van der Waals surface area contributed by atoms with Crippen molar-refractivity contribution in [3.05, 3.63) is 36.1 Å². The Morgan fingerprint density at radius 3 is 2.53 bits per heavy atom. The molecule has 0 unspecified atom stereocenters. The first-order valence-electron chi connectivity index (χ1n) is 10.6. The fourth-order valence-electron chi connectivity index (χ4n) is 3.05. The van der Waals surface area contributed by atoms with E-state index in [0.717, 1.165) is 11.3 Å². The van der Waals surface area contributed by atoms with Gasteiger partial charge in [-0.3, -0.25) is 19.2 Å². The molecule has 1 aromatic carbocycles. The van der Waals surface area contributed by atoms with Crippen LogP contribution in [0.5, 0.6) is 0 Å². The molecule has 3 amide bonds. The summed E-state index contributed by atoms with van der Waals surface area (Å²) in [6, 6.07) is 8.78. The predicted octanol–water partition coefficient (Wildman–Crippen LogP) is 2.60. The highest BCUT2D eigenvalue weighted by Crippen LogP contribution is 2.18. The molecule has 0 aliphatic carbocycles. The van der Waals surface area contributed by atoms with E-state index in [1.807, 2.05) is 12.1 Å². The molecule has 1 aromatic heterocycles. The molecule has 2 heterocycles. The first-order chi connectivity index (χ1) is 15.2. The van der Waals surface area contributed by atoms with Gasteiger partial charge in [-0.15, -0.1) is 11.6 Å². The summed E-state index contributed by atoms with van der Waals surface area (Å²) in [5, 5.41) is 5.97. The Balaban J connectivity index is 0.000000837. The Bertz CT molecular complexity index is 920. The van der Waals surface area contributed by atoms with Crippen LogP contribution in [0.15, 0.2) is 34.7 Å². The molecule has 174 valence electrons. The number of nitrogens with zero attached hydrogens (tertiary/aromatic N) is 1. The molecule has 0 spiro atoms. The number of nitrogens with one attached hydrogen (secondary N) is 2. The van der Waals surface area contributed by atoms with Crippen LogP contribution in [0.2, 0.25) is 0 Å². The molecule has 2 aromatic rings. The minimum Gasteiger partial charge on any atom is -0.451 e. The summed E-state index contributed by atoms with van der Waals surface area (Å²) in [7, 11) is 0. The molecule has 9 heteroatoms. The number of Topliss-reactive ketones (excluding diaryl/α,β-unsaturated/α-hetero) is 1. The minimum absolute atomic E-state index is 0.102. The smallest absolute Gasteiger partial charge is 0.287 e. The number of para-hydroxylation sites is 1. The lowest BCUT2D eigenvalue weighted by Crippen LogP contribution is -2.44. The molecule has 2 N–H and O–H groups in total. The van der Waals surface area contributed by atoms with E-state index in [9.17, 15) is 19.2 Å². The summed E-state index contributed by atoms with van der Waals surface area (Å²) in [6.07, 6.45) is 0.599. The molecule has 0 radical (unpaired) electrons. The first kappa shape index (κ1) is 25.4. The van der Waals surface area contributed by atoms with E-state index in [0.29, 0.717) is 18.5 Å². The summed E-state index contributed by atoms with van der Waals surface area (Å²) in [5.74, 6) is -1.17. The third-order valence-corrected chi connectivity index (χ3v) is 4.76. The van der Waals surface area contributed by atoms with Gasteiger partial charge in [0, 0.05) is 18.5 Å². The second-order valence-electron chi connectivity index (χ2n) is 8.29. The molecule has 1 aliphatic rings. The van der Waals surface area contributed by atoms with E-state index >= 15 is 0 Å². The monoisotopic (exact) mass is 463 g/mol. The van der Waals surface area contributed by atoms with Crippen molar-refractivity contribution in [3.63, 3.8) is 0 Å². The molecule has 1 fully saturated rings. The van der Waals surface area contributed by atoms with Gasteiger partial charge in [0.2, 0.25) is 11.8 Å². The number of amides is 3. The molecule has 3 rings (SSSR count). The van der Waals surface area contributed by atoms with Crippen molar-refractivity contribution in [1.29, 1.82) is 0 Å². The fraction of sp³-hybridized carbons (Fsp3) is 0.478. The largest absolute Gasteiger partial charge is 0.451 e. The van der Waals surface area contributed by atoms with Gasteiger partial charge in [0.25, 0.3) is 5.91 Å². The molecule has 1 atom stereocenters. The van der Waals surface area contributed by atoms with Gasteiger partial charge in [0.1, 0.15) is 11.5 Å². The fourth-order valence-corrected chi connectivity index (χ4v) is 3.22. The number of furan rings is 1. The normalized spacial score (nSPS) is 15.2. The van der Waals surface area contributed by atoms with E-state index in [1.165, 1.54) is 4.90 Å². The van der Waals surface area contributed by atoms with Gasteiger partial charge >= 0.3 is 0 Å². The Labute approximate surface area is 192 Å². The summed E-state index contributed by atoms with van der Waals surface area (Å²) in [5.41, 5.74) is 0.577. The number of benzene rings is 1. The maximum atomic E-state index is 12.3. The molecule has 8 nitrogen and oxygen atoms in total. The number of rotatable bonds is 8. The highest BCUT2D eigenvalue weighted by Gasteiger charge is 2.29. The molecule has 0 bridgehead atoms. The Morgan fingerprint density at radius 1 is 1.25 bits per heavy atom. The van der Waals surface area contributed by atoms with Gasteiger partial charge < -0.3 is 20.0 Å². The van der Waals surface area contributed by atoms with Crippen LogP contribution in [0.1, 0.15) is 37.7 Å². The Hall–Kier alpha value is -2.87. The molecule has 0 saturated carbocycles. The number of fused-ring (bicyclic) bond motifs is 1. The van der Waals surface area contributed by atoms with Crippen molar-refractivity contribution < 1.29 is 23.6 Å². The van der Waals surface area contributed by atoms with Crippen molar-refractivity contribution in [2.45, 2.75) is 27.2 Å². The number of alkyl halides is 1. The number of ketones is 1. The zero-order valence-corrected chi connectivity index (χ0v) is 19.4. The molecule has 32 heavy (non-hydrogen) atoms. The van der Waals surface area contributed by atoms with Gasteiger partial charge in [-0.25, -0.2) is 0 Å². The van der Waals surface area contributed by atoms with Crippen LogP contribution in [0.25, 0.3) is 11.0 Å². The predicted molar refractivity (Wildman–Crippen MR) is 122 cm³/mol. The summed E-state index contributed by atoms with van der Waals surface area (Å²) >= 11 is 5.61. The average Bonchev–Trinajstić information content (AvgIpc) is 3.36. The standard InChI is InChI=1S/C19H20ClN3O5.C4H10/c20-8-17(25)23(10-13-5-6-21-18(13)26)11-14(24)9-22-19(27)16-7-12-3-1-2-4-15(12)28-16;1-4(2)3/h1-4,7,13H,5-6,8-11H2,(H,21,26)(H,22,27);4H,1-3H3/t13-;/m0./s1. The van der Waals surface area contributed by atoms with Crippen LogP contribution in [-0.4, -0.2) is 60.5 Å². The first-order valence-corrected chi connectivity index (χ1v) is 11.1. The zero-order valence-electron chi connectivity index (χ0n) is 18.7. The molecular weight excluding hydrogens is 434 g/mol. The van der Waals surface area contributed by atoms with E-state index in [4.69, 9.17) is 16.0 Å². The molecule has 1 aliphatic heterocycles. The third kappa shape index (κ3) is 7.67. The van der Waals surface area contributed by atoms with Gasteiger partial charge in [0.15, 0.2) is 11.5 Å². The average molecular weight is 464 g/mol. The van der Waals surface area contributed by atoms with Crippen LogP contribution >= 0.6 is 11.6 Å². The van der Waals surface area contributed by atoms with E-state index in [-0.39, 0.29) is 48.9 Å². The quantitative estimate of drug-likeness (QED) is 0.585. The highest BCUT2D eigenvalue weighted by atomic mass is 35.5. The summed E-state index contributed by atoms with van der Waals surface area (Å²) in [4.78, 5) is 49.4. The van der Waals surface area contributed by atoms with Crippen molar-refractivity contribution in [2.75, 3.05) is 32.1 Å². The van der Waals surface area contributed by atoms with Crippen LogP contribution in [0.3, 0.4) is 0 Å². The number of carbonyl (C=O) groups is 4. The van der Waals surface area contributed by atoms with E-state index in [1.54, 1.807) is 18.2 Å². The van der Waals surface area contributed by atoms with Crippen molar-refractivity contribution in [2.24, 2.45) is 11.8 Å². The van der Waals surface area contributed by atoms with E-state index < -0.39 is 11.8 Å². The Morgan fingerprint density at radius 2 is 1.94 bits per heavy atom. The van der Waals surface area contributed by atoms with Crippen LogP contribution < -0.4 is 10.6 Å². The number of hydrogen-bond acceptors (Lipinski definition) is 5. The summed E-state index contributed by atoms with van der Waals surface area (Å²) in [6.45, 7) is 6.68. The second-order valence-corrected chi connectivity index (χ2v) is 8.55. The zero-order chi connectivity index (χ0) is 23.7. The van der Waals surface area contributed by atoms with Gasteiger partial charge in [-0.05, 0) is 24.5 Å². The number of carbonyl (C=O) groups excluding carboxylic acids is 4. The van der Waals surface area contributed by atoms with Crippen LogP contribution in [0.4, 0.5) is 0 Å². The molecule has 1 saturated heterocycles. The lowest BCUT2D eigenvalue weighted by Gasteiger charge is -2.23. The maximum absolute atomic E-state index is 12.3. The lowest BCUT2D eigenvalue weighted by molar-refractivity contribution is -0.134. The third-order valence-electron chi connectivity index (χ3n) is 4.53. The SMILES string of the molecule is CC(C)C.O=C(CNC(=O)c1cc2ccccc2o1)CN(C[C@@H]1CCNC1=O)C(=O)CCl. The second kappa shape index (κ2) is 12.2. The van der Waals surface area contributed by atoms with Crippen molar-refractivity contribution >= 4 is 46.1 Å². The highest BCUT2D eigenvalue weighted by molar-refractivity contribution is 6.27. The van der Waals surface area contributed by atoms with E-state index in [2.05, 4.69) is 31.4 Å². The van der Waals surface area contributed by atoms with Crippen molar-refractivity contribution in [1.82, 2.24) is 15.5 Å². The topological polar surface area (TPSA) is 109 Å². The molecular formula is C23H30ClN3O5. The van der Waals surface area contributed by atoms with Gasteiger partial charge in [-0.1, -0.05) is 39.0 Å². The lowest BCUT2D eigenvalue weighted by atomic mass is 10.1. The summed E-state index contributed by atoms with van der Waals surface area (Å²) < 4.78 is 5.45. The van der Waals surface area contributed by atoms with Gasteiger partial charge in [0.05, 0.1) is 19.0 Å².